The Kier molecular flexibility index (Phi) is 2.83. The molecule has 92 valence electrons. The quantitative estimate of drug-likeness (QED) is 0.858. The zero-order valence-corrected chi connectivity index (χ0v) is 10.5. The second-order valence-electron chi connectivity index (χ2n) is 4.92. The van der Waals surface area contributed by atoms with Crippen molar-refractivity contribution < 1.29 is 9.53 Å². The molecular weight excluding hydrogens is 216 g/mol. The van der Waals surface area contributed by atoms with Crippen LogP contribution in [-0.2, 0) is 11.2 Å². The lowest BCUT2D eigenvalue weighted by molar-refractivity contribution is -0.118. The van der Waals surface area contributed by atoms with Crippen LogP contribution in [0.5, 0.6) is 5.75 Å². The van der Waals surface area contributed by atoms with Crippen LogP contribution in [-0.4, -0.2) is 25.1 Å². The normalized spacial score (nSPS) is 15.1. The minimum Gasteiger partial charge on any atom is -0.497 e. The van der Waals surface area contributed by atoms with Crippen LogP contribution in [0.3, 0.4) is 0 Å². The molecule has 2 N–H and O–H groups in total. The lowest BCUT2D eigenvalue weighted by Gasteiger charge is -2.35. The van der Waals surface area contributed by atoms with Gasteiger partial charge in [0.05, 0.1) is 19.1 Å². The Morgan fingerprint density at radius 1 is 1.47 bits per heavy atom. The van der Waals surface area contributed by atoms with Crippen LogP contribution in [0.2, 0.25) is 0 Å². The predicted molar refractivity (Wildman–Crippen MR) is 67.3 cm³/mol. The molecule has 0 unspecified atom stereocenters. The van der Waals surface area contributed by atoms with Gasteiger partial charge in [-0.05, 0) is 37.6 Å². The lowest BCUT2D eigenvalue weighted by atomic mass is 10.0. The Balaban J connectivity index is 2.45. The fourth-order valence-electron chi connectivity index (χ4n) is 2.18. The topological polar surface area (TPSA) is 55.6 Å². The number of nitrogens with two attached hydrogens (primary N) is 1. The molecule has 4 nitrogen and oxygen atoms in total. The SMILES string of the molecule is COc1ccc2c(c1)CC(=O)N2C(C)(C)CN. The summed E-state index contributed by atoms with van der Waals surface area (Å²) >= 11 is 0. The van der Waals surface area contributed by atoms with E-state index in [2.05, 4.69) is 0 Å². The van der Waals surface area contributed by atoms with Crippen molar-refractivity contribution in [3.05, 3.63) is 23.8 Å². The van der Waals surface area contributed by atoms with Crippen molar-refractivity contribution in [1.29, 1.82) is 0 Å². The second-order valence-corrected chi connectivity index (χ2v) is 4.92. The van der Waals surface area contributed by atoms with Crippen LogP contribution in [0.25, 0.3) is 0 Å². The predicted octanol–water partition coefficient (Wildman–Crippen LogP) is 1.32. The molecule has 0 aliphatic carbocycles. The molecule has 1 aromatic rings. The van der Waals surface area contributed by atoms with Crippen LogP contribution in [0.1, 0.15) is 19.4 Å². The van der Waals surface area contributed by atoms with Crippen LogP contribution >= 0.6 is 0 Å². The van der Waals surface area contributed by atoms with E-state index in [-0.39, 0.29) is 11.4 Å². The third-order valence-electron chi connectivity index (χ3n) is 3.22. The smallest absolute Gasteiger partial charge is 0.232 e. The highest BCUT2D eigenvalue weighted by atomic mass is 16.5. The van der Waals surface area contributed by atoms with Crippen LogP contribution in [0, 0.1) is 0 Å². The lowest BCUT2D eigenvalue weighted by Crippen LogP contribution is -2.51. The van der Waals surface area contributed by atoms with Gasteiger partial charge >= 0.3 is 0 Å². The highest BCUT2D eigenvalue weighted by Gasteiger charge is 2.37. The van der Waals surface area contributed by atoms with Crippen molar-refractivity contribution in [2.45, 2.75) is 25.8 Å². The van der Waals surface area contributed by atoms with Gasteiger partial charge in [0, 0.05) is 12.2 Å². The van der Waals surface area contributed by atoms with Crippen molar-refractivity contribution in [3.63, 3.8) is 0 Å². The van der Waals surface area contributed by atoms with Gasteiger partial charge in [0.15, 0.2) is 0 Å². The summed E-state index contributed by atoms with van der Waals surface area (Å²) in [7, 11) is 1.63. The first kappa shape index (κ1) is 11.9. The van der Waals surface area contributed by atoms with Gasteiger partial charge in [-0.15, -0.1) is 0 Å². The molecule has 2 rings (SSSR count). The van der Waals surface area contributed by atoms with E-state index in [0.717, 1.165) is 17.0 Å². The molecule has 17 heavy (non-hydrogen) atoms. The van der Waals surface area contributed by atoms with Crippen LogP contribution < -0.4 is 15.4 Å². The molecule has 0 saturated heterocycles. The first-order valence-corrected chi connectivity index (χ1v) is 5.69. The van der Waals surface area contributed by atoms with Crippen LogP contribution in [0.4, 0.5) is 5.69 Å². The number of hydrogen-bond donors (Lipinski definition) is 1. The number of methoxy groups -OCH3 is 1. The average Bonchev–Trinajstić information content (AvgIpc) is 2.64. The molecule has 1 aromatic carbocycles. The monoisotopic (exact) mass is 234 g/mol. The molecule has 0 saturated carbocycles. The highest BCUT2D eigenvalue weighted by molar-refractivity contribution is 6.02. The first-order valence-electron chi connectivity index (χ1n) is 5.69. The van der Waals surface area contributed by atoms with E-state index in [1.807, 2.05) is 32.0 Å². The fourth-order valence-corrected chi connectivity index (χ4v) is 2.18. The molecule has 1 aliphatic rings. The maximum absolute atomic E-state index is 12.1. The maximum Gasteiger partial charge on any atom is 0.232 e. The molecule has 0 radical (unpaired) electrons. The van der Waals surface area contributed by atoms with Crippen molar-refractivity contribution in [3.8, 4) is 5.75 Å². The Bertz CT molecular complexity index is 455. The van der Waals surface area contributed by atoms with Gasteiger partial charge in [0.1, 0.15) is 5.75 Å². The number of amides is 1. The second kappa shape index (κ2) is 4.04. The first-order chi connectivity index (χ1) is 7.99. The number of carbonyl (C=O) groups is 1. The van der Waals surface area contributed by atoms with Gasteiger partial charge in [-0.3, -0.25) is 4.79 Å². The molecular formula is C13H18N2O2. The number of nitrogens with zero attached hydrogens (tertiary/aromatic N) is 1. The molecule has 0 bridgehead atoms. The van der Waals surface area contributed by atoms with Gasteiger partial charge in [0.25, 0.3) is 0 Å². The van der Waals surface area contributed by atoms with Crippen LogP contribution in [0.15, 0.2) is 18.2 Å². The van der Waals surface area contributed by atoms with E-state index in [0.29, 0.717) is 13.0 Å². The molecule has 1 amide bonds. The maximum atomic E-state index is 12.1. The molecule has 4 heteroatoms. The van der Waals surface area contributed by atoms with Crippen molar-refractivity contribution in [2.75, 3.05) is 18.6 Å². The number of anilines is 1. The van der Waals surface area contributed by atoms with Crippen molar-refractivity contribution in [1.82, 2.24) is 0 Å². The summed E-state index contributed by atoms with van der Waals surface area (Å²) in [6, 6.07) is 5.72. The van der Waals surface area contributed by atoms with Gasteiger partial charge in [-0.25, -0.2) is 0 Å². The molecule has 0 atom stereocenters. The minimum atomic E-state index is -0.350. The van der Waals surface area contributed by atoms with E-state index in [9.17, 15) is 4.79 Å². The van der Waals surface area contributed by atoms with Gasteiger partial charge in [0.2, 0.25) is 5.91 Å². The summed E-state index contributed by atoms with van der Waals surface area (Å²) in [4.78, 5) is 13.9. The highest BCUT2D eigenvalue weighted by Crippen LogP contribution is 2.36. The van der Waals surface area contributed by atoms with Crippen molar-refractivity contribution >= 4 is 11.6 Å². The average molecular weight is 234 g/mol. The standard InChI is InChI=1S/C13H18N2O2/c1-13(2,8-14)15-11-5-4-10(17-3)6-9(11)7-12(15)16/h4-6H,7-8,14H2,1-3H3. The summed E-state index contributed by atoms with van der Waals surface area (Å²) in [5.41, 5.74) is 7.35. The Hall–Kier alpha value is -1.55. The minimum absolute atomic E-state index is 0.101. The summed E-state index contributed by atoms with van der Waals surface area (Å²) in [5, 5.41) is 0. The summed E-state index contributed by atoms with van der Waals surface area (Å²) in [6.45, 7) is 4.39. The van der Waals surface area contributed by atoms with E-state index in [4.69, 9.17) is 10.5 Å². The third kappa shape index (κ3) is 1.89. The van der Waals surface area contributed by atoms with Crippen molar-refractivity contribution in [2.24, 2.45) is 5.73 Å². The number of rotatable bonds is 3. The summed E-state index contributed by atoms with van der Waals surface area (Å²) < 4.78 is 5.17. The van der Waals surface area contributed by atoms with Gasteiger partial charge in [-0.1, -0.05) is 0 Å². The fraction of sp³-hybridized carbons (Fsp3) is 0.462. The van der Waals surface area contributed by atoms with E-state index in [1.54, 1.807) is 12.0 Å². The number of fused-ring (bicyclic) bond motifs is 1. The Morgan fingerprint density at radius 2 is 2.18 bits per heavy atom. The molecule has 1 heterocycles. The molecule has 0 fully saturated rings. The van der Waals surface area contributed by atoms with E-state index < -0.39 is 0 Å². The Labute approximate surface area is 101 Å². The summed E-state index contributed by atoms with van der Waals surface area (Å²) in [5.74, 6) is 0.882. The number of benzene rings is 1. The zero-order chi connectivity index (χ0) is 12.6. The summed E-state index contributed by atoms with van der Waals surface area (Å²) in [6.07, 6.45) is 0.427. The molecule has 1 aliphatic heterocycles. The number of carbonyl (C=O) groups excluding carboxylic acids is 1. The van der Waals surface area contributed by atoms with Gasteiger partial charge in [-0.2, -0.15) is 0 Å². The largest absolute Gasteiger partial charge is 0.497 e. The van der Waals surface area contributed by atoms with Gasteiger partial charge < -0.3 is 15.4 Å². The number of ether oxygens (including phenoxy) is 1. The molecule has 0 spiro atoms. The Morgan fingerprint density at radius 3 is 2.76 bits per heavy atom. The van der Waals surface area contributed by atoms with E-state index >= 15 is 0 Å². The van der Waals surface area contributed by atoms with E-state index in [1.165, 1.54) is 0 Å². The third-order valence-corrected chi connectivity index (χ3v) is 3.22. The zero-order valence-electron chi connectivity index (χ0n) is 10.5. The molecule has 0 aromatic heterocycles. The number of hydrogen-bond acceptors (Lipinski definition) is 3.